The van der Waals surface area contributed by atoms with Gasteiger partial charge in [0.15, 0.2) is 11.5 Å². The zero-order chi connectivity index (χ0) is 20.2. The number of nitrogens with zero attached hydrogens (tertiary/aromatic N) is 1. The number of esters is 1. The summed E-state index contributed by atoms with van der Waals surface area (Å²) in [5.41, 5.74) is 0.152. The van der Waals surface area contributed by atoms with Crippen LogP contribution in [0.3, 0.4) is 0 Å². The summed E-state index contributed by atoms with van der Waals surface area (Å²) in [6.45, 7) is 9.37. The molecule has 0 aliphatic heterocycles. The van der Waals surface area contributed by atoms with Crippen molar-refractivity contribution < 1.29 is 23.2 Å². The monoisotopic (exact) mass is 375 g/mol. The van der Waals surface area contributed by atoms with Gasteiger partial charge in [-0.05, 0) is 57.4 Å². The molecule has 1 atom stereocenters. The van der Waals surface area contributed by atoms with Gasteiger partial charge in [0.2, 0.25) is 0 Å². The van der Waals surface area contributed by atoms with Crippen LogP contribution in [-0.4, -0.2) is 22.5 Å². The molecule has 0 fully saturated rings. The van der Waals surface area contributed by atoms with Crippen LogP contribution in [0.25, 0.3) is 11.3 Å². The highest BCUT2D eigenvalue weighted by atomic mass is 19.1. The van der Waals surface area contributed by atoms with Gasteiger partial charge in [0.1, 0.15) is 17.1 Å². The Kier molecular flexibility index (Phi) is 6.52. The van der Waals surface area contributed by atoms with Crippen LogP contribution < -0.4 is 0 Å². The van der Waals surface area contributed by atoms with Crippen molar-refractivity contribution in [2.75, 3.05) is 0 Å². The molecule has 0 bridgehead atoms. The molecular formula is C21H26FNO4. The Morgan fingerprint density at radius 2 is 1.81 bits per heavy atom. The lowest BCUT2D eigenvalue weighted by Crippen LogP contribution is -2.30. The molecule has 146 valence electrons. The molecule has 1 heterocycles. The SMILES string of the molecule is CC(C)C[C@H](CC(=O)c1cc(-c2ccc(F)cc2)on1)C(=O)OC(C)(C)C. The third-order valence-corrected chi connectivity index (χ3v) is 3.85. The minimum atomic E-state index is -0.612. The first-order valence-electron chi connectivity index (χ1n) is 9.04. The first-order chi connectivity index (χ1) is 12.5. The Hall–Kier alpha value is -2.50. The number of aromatic nitrogens is 1. The molecule has 1 aromatic carbocycles. The number of Topliss-reactive ketones (excluding diaryl/α,β-unsaturated/α-hetero) is 1. The molecule has 6 heteroatoms. The number of rotatable bonds is 7. The fraction of sp³-hybridized carbons (Fsp3) is 0.476. The Morgan fingerprint density at radius 3 is 2.37 bits per heavy atom. The number of carbonyl (C=O) groups is 2. The molecule has 0 spiro atoms. The summed E-state index contributed by atoms with van der Waals surface area (Å²) < 4.78 is 23.7. The summed E-state index contributed by atoms with van der Waals surface area (Å²) >= 11 is 0. The van der Waals surface area contributed by atoms with Gasteiger partial charge in [-0.2, -0.15) is 0 Å². The van der Waals surface area contributed by atoms with Crippen LogP contribution >= 0.6 is 0 Å². The average molecular weight is 375 g/mol. The summed E-state index contributed by atoms with van der Waals surface area (Å²) in [6, 6.07) is 7.22. The van der Waals surface area contributed by atoms with E-state index in [9.17, 15) is 14.0 Å². The van der Waals surface area contributed by atoms with Crippen molar-refractivity contribution in [3.05, 3.63) is 41.8 Å². The predicted octanol–water partition coefficient (Wildman–Crippen LogP) is 5.06. The number of hydrogen-bond acceptors (Lipinski definition) is 5. The highest BCUT2D eigenvalue weighted by Crippen LogP contribution is 2.25. The maximum absolute atomic E-state index is 13.0. The molecule has 2 aromatic rings. The smallest absolute Gasteiger partial charge is 0.309 e. The van der Waals surface area contributed by atoms with E-state index >= 15 is 0 Å². The van der Waals surface area contributed by atoms with Crippen LogP contribution in [0.4, 0.5) is 4.39 Å². The molecule has 0 unspecified atom stereocenters. The lowest BCUT2D eigenvalue weighted by Gasteiger charge is -2.24. The largest absolute Gasteiger partial charge is 0.460 e. The van der Waals surface area contributed by atoms with Gasteiger partial charge in [0.25, 0.3) is 0 Å². The molecule has 0 saturated heterocycles. The third kappa shape index (κ3) is 6.31. The number of carbonyl (C=O) groups excluding carboxylic acids is 2. The molecule has 27 heavy (non-hydrogen) atoms. The van der Waals surface area contributed by atoms with Crippen molar-refractivity contribution in [1.82, 2.24) is 5.16 Å². The Morgan fingerprint density at radius 1 is 1.19 bits per heavy atom. The summed E-state index contributed by atoms with van der Waals surface area (Å²) in [7, 11) is 0. The van der Waals surface area contributed by atoms with Crippen LogP contribution in [-0.2, 0) is 9.53 Å². The van der Waals surface area contributed by atoms with Crippen molar-refractivity contribution in [3.8, 4) is 11.3 Å². The van der Waals surface area contributed by atoms with E-state index in [0.717, 1.165) is 0 Å². The predicted molar refractivity (Wildman–Crippen MR) is 99.6 cm³/mol. The molecular weight excluding hydrogens is 349 g/mol. The minimum absolute atomic E-state index is 0.00246. The maximum Gasteiger partial charge on any atom is 0.309 e. The Balaban J connectivity index is 2.12. The van der Waals surface area contributed by atoms with Gasteiger partial charge in [0, 0.05) is 18.1 Å². The van der Waals surface area contributed by atoms with Gasteiger partial charge < -0.3 is 9.26 Å². The van der Waals surface area contributed by atoms with Crippen molar-refractivity contribution in [2.24, 2.45) is 11.8 Å². The second-order valence-corrected chi connectivity index (χ2v) is 8.07. The quantitative estimate of drug-likeness (QED) is 0.500. The Bertz CT molecular complexity index is 787. The minimum Gasteiger partial charge on any atom is -0.460 e. The first-order valence-corrected chi connectivity index (χ1v) is 9.04. The van der Waals surface area contributed by atoms with Crippen LogP contribution in [0.5, 0.6) is 0 Å². The third-order valence-electron chi connectivity index (χ3n) is 3.85. The summed E-state index contributed by atoms with van der Waals surface area (Å²) in [6.07, 6.45) is 0.547. The van der Waals surface area contributed by atoms with Crippen LogP contribution in [0.2, 0.25) is 0 Å². The standard InChI is InChI=1S/C21H26FNO4/c1-13(2)10-15(20(25)26-21(3,4)5)11-18(24)17-12-19(27-23-17)14-6-8-16(22)9-7-14/h6-9,12-13,15H,10-11H2,1-5H3/t15-/m1/s1. The zero-order valence-electron chi connectivity index (χ0n) is 16.4. The van der Waals surface area contributed by atoms with E-state index in [1.165, 1.54) is 18.2 Å². The van der Waals surface area contributed by atoms with E-state index in [1.807, 2.05) is 13.8 Å². The van der Waals surface area contributed by atoms with Crippen molar-refractivity contribution >= 4 is 11.8 Å². The van der Waals surface area contributed by atoms with Crippen LogP contribution in [0, 0.1) is 17.7 Å². The summed E-state index contributed by atoms with van der Waals surface area (Å²) in [5, 5.41) is 3.81. The fourth-order valence-electron chi connectivity index (χ4n) is 2.70. The van der Waals surface area contributed by atoms with Gasteiger partial charge in [-0.15, -0.1) is 0 Å². The number of ketones is 1. The number of ether oxygens (including phenoxy) is 1. The second kappa shape index (κ2) is 8.46. The fourth-order valence-corrected chi connectivity index (χ4v) is 2.70. The van der Waals surface area contributed by atoms with E-state index in [2.05, 4.69) is 5.16 Å². The van der Waals surface area contributed by atoms with E-state index in [1.54, 1.807) is 32.9 Å². The topological polar surface area (TPSA) is 69.4 Å². The van der Waals surface area contributed by atoms with Crippen molar-refractivity contribution in [2.45, 2.75) is 53.1 Å². The summed E-state index contributed by atoms with van der Waals surface area (Å²) in [4.78, 5) is 25.1. The molecule has 5 nitrogen and oxygen atoms in total. The van der Waals surface area contributed by atoms with Crippen molar-refractivity contribution in [3.63, 3.8) is 0 Å². The van der Waals surface area contributed by atoms with Gasteiger partial charge in [-0.1, -0.05) is 19.0 Å². The maximum atomic E-state index is 13.0. The highest BCUT2D eigenvalue weighted by Gasteiger charge is 2.29. The zero-order valence-corrected chi connectivity index (χ0v) is 16.4. The Labute approximate surface area is 158 Å². The van der Waals surface area contributed by atoms with E-state index in [0.29, 0.717) is 17.7 Å². The number of benzene rings is 1. The normalized spacial score (nSPS) is 12.9. The average Bonchev–Trinajstić information content (AvgIpc) is 3.03. The molecule has 0 N–H and O–H groups in total. The van der Waals surface area contributed by atoms with Crippen molar-refractivity contribution in [1.29, 1.82) is 0 Å². The second-order valence-electron chi connectivity index (χ2n) is 8.07. The summed E-state index contributed by atoms with van der Waals surface area (Å²) in [5.74, 6) is -0.958. The van der Waals surface area contributed by atoms with E-state index in [4.69, 9.17) is 9.26 Å². The van der Waals surface area contributed by atoms with Gasteiger partial charge in [-0.25, -0.2) is 4.39 Å². The van der Waals surface area contributed by atoms with Gasteiger partial charge in [0.05, 0.1) is 5.92 Å². The van der Waals surface area contributed by atoms with Crippen LogP contribution in [0.15, 0.2) is 34.9 Å². The lowest BCUT2D eigenvalue weighted by atomic mass is 9.91. The van der Waals surface area contributed by atoms with Gasteiger partial charge in [-0.3, -0.25) is 9.59 Å². The van der Waals surface area contributed by atoms with E-state index < -0.39 is 11.5 Å². The lowest BCUT2D eigenvalue weighted by molar-refractivity contribution is -0.160. The molecule has 0 aliphatic rings. The highest BCUT2D eigenvalue weighted by molar-refractivity contribution is 5.97. The first kappa shape index (κ1) is 20.8. The van der Waals surface area contributed by atoms with Crippen LogP contribution in [0.1, 0.15) is 57.9 Å². The molecule has 0 radical (unpaired) electrons. The van der Waals surface area contributed by atoms with E-state index in [-0.39, 0.29) is 35.6 Å². The van der Waals surface area contributed by atoms with Gasteiger partial charge >= 0.3 is 5.97 Å². The molecule has 1 aromatic heterocycles. The number of hydrogen-bond donors (Lipinski definition) is 0. The molecule has 0 saturated carbocycles. The molecule has 0 aliphatic carbocycles. The molecule has 2 rings (SSSR count). The molecule has 0 amide bonds. The number of halogens is 1.